The van der Waals surface area contributed by atoms with Crippen LogP contribution in [0.2, 0.25) is 0 Å². The van der Waals surface area contributed by atoms with Crippen molar-refractivity contribution >= 4 is 28.5 Å². The topological polar surface area (TPSA) is 42.1 Å². The maximum absolute atomic E-state index is 5.81. The Bertz CT molecular complexity index is 406. The second-order valence-corrected chi connectivity index (χ2v) is 6.47. The molecule has 0 amide bonds. The number of nitrogens with zero attached hydrogens (tertiary/aromatic N) is 2. The number of nitrogens with two attached hydrogens (primary N) is 1. The minimum absolute atomic E-state index is 0.0601. The molecule has 1 aliphatic heterocycles. The number of thiazole rings is 1. The molecule has 1 aromatic heterocycles. The minimum atomic E-state index is 0.0601. The van der Waals surface area contributed by atoms with Gasteiger partial charge in [-0.2, -0.15) is 0 Å². The third-order valence-electron chi connectivity index (χ3n) is 3.58. The van der Waals surface area contributed by atoms with Gasteiger partial charge in [0.15, 0.2) is 0 Å². The standard InChI is InChI=1S/C12H19N3S2/c1-9-8-17-10(14-9)7-15-5-3-12(2,4-6-15)11(13)16/h8H,3-7H2,1-2H3,(H2,13,16). The van der Waals surface area contributed by atoms with Gasteiger partial charge in [0.2, 0.25) is 0 Å². The lowest BCUT2D eigenvalue weighted by molar-refractivity contribution is 0.158. The number of hydrogen-bond acceptors (Lipinski definition) is 4. The first kappa shape index (κ1) is 12.9. The average molecular weight is 269 g/mol. The molecule has 0 aliphatic carbocycles. The van der Waals surface area contributed by atoms with Crippen LogP contribution in [0.5, 0.6) is 0 Å². The number of hydrogen-bond donors (Lipinski definition) is 1. The van der Waals surface area contributed by atoms with E-state index in [1.54, 1.807) is 11.3 Å². The summed E-state index contributed by atoms with van der Waals surface area (Å²) in [5.74, 6) is 0. The van der Waals surface area contributed by atoms with Crippen LogP contribution in [0, 0.1) is 12.3 Å². The number of likely N-dealkylation sites (tertiary alicyclic amines) is 1. The van der Waals surface area contributed by atoms with Crippen molar-refractivity contribution in [3.05, 3.63) is 16.1 Å². The molecule has 0 atom stereocenters. The lowest BCUT2D eigenvalue weighted by Crippen LogP contribution is -2.44. The third kappa shape index (κ3) is 3.03. The van der Waals surface area contributed by atoms with Crippen molar-refractivity contribution in [2.75, 3.05) is 13.1 Å². The van der Waals surface area contributed by atoms with Crippen molar-refractivity contribution in [2.24, 2.45) is 11.1 Å². The van der Waals surface area contributed by atoms with Crippen molar-refractivity contribution in [3.8, 4) is 0 Å². The molecule has 0 radical (unpaired) electrons. The van der Waals surface area contributed by atoms with E-state index in [1.807, 2.05) is 6.92 Å². The van der Waals surface area contributed by atoms with E-state index in [9.17, 15) is 0 Å². The Morgan fingerprint density at radius 2 is 2.24 bits per heavy atom. The van der Waals surface area contributed by atoms with Gasteiger partial charge in [0.05, 0.1) is 11.5 Å². The molecule has 2 rings (SSSR count). The highest BCUT2D eigenvalue weighted by Gasteiger charge is 2.32. The minimum Gasteiger partial charge on any atom is -0.393 e. The van der Waals surface area contributed by atoms with Crippen LogP contribution >= 0.6 is 23.6 Å². The van der Waals surface area contributed by atoms with E-state index in [1.165, 1.54) is 5.01 Å². The van der Waals surface area contributed by atoms with Crippen LogP contribution in [0.3, 0.4) is 0 Å². The summed E-state index contributed by atoms with van der Waals surface area (Å²) in [5.41, 5.74) is 6.99. The van der Waals surface area contributed by atoms with Gasteiger partial charge in [-0.05, 0) is 32.9 Å². The highest BCUT2D eigenvalue weighted by molar-refractivity contribution is 7.80. The van der Waals surface area contributed by atoms with E-state index >= 15 is 0 Å². The SMILES string of the molecule is Cc1csc(CN2CCC(C)(C(N)=S)CC2)n1. The quantitative estimate of drug-likeness (QED) is 0.855. The second kappa shape index (κ2) is 5.00. The van der Waals surface area contributed by atoms with E-state index in [4.69, 9.17) is 18.0 Å². The number of piperidine rings is 1. The summed E-state index contributed by atoms with van der Waals surface area (Å²) >= 11 is 6.90. The van der Waals surface area contributed by atoms with E-state index in [0.717, 1.165) is 38.2 Å². The van der Waals surface area contributed by atoms with Crippen molar-refractivity contribution in [2.45, 2.75) is 33.2 Å². The van der Waals surface area contributed by atoms with Crippen LogP contribution in [-0.4, -0.2) is 28.0 Å². The average Bonchev–Trinajstić information content (AvgIpc) is 2.67. The van der Waals surface area contributed by atoms with Crippen molar-refractivity contribution in [1.82, 2.24) is 9.88 Å². The highest BCUT2D eigenvalue weighted by Crippen LogP contribution is 2.31. The van der Waals surface area contributed by atoms with Gasteiger partial charge in [0, 0.05) is 16.5 Å². The molecular formula is C12H19N3S2. The monoisotopic (exact) mass is 269 g/mol. The van der Waals surface area contributed by atoms with Gasteiger partial charge in [-0.25, -0.2) is 4.98 Å². The zero-order valence-electron chi connectivity index (χ0n) is 10.4. The summed E-state index contributed by atoms with van der Waals surface area (Å²) in [6.45, 7) is 7.31. The number of aromatic nitrogens is 1. The summed E-state index contributed by atoms with van der Waals surface area (Å²) < 4.78 is 0. The third-order valence-corrected chi connectivity index (χ3v) is 5.02. The first-order chi connectivity index (χ1) is 7.99. The molecule has 1 aliphatic rings. The fraction of sp³-hybridized carbons (Fsp3) is 0.667. The van der Waals surface area contributed by atoms with Gasteiger partial charge in [-0.3, -0.25) is 4.90 Å². The van der Waals surface area contributed by atoms with Crippen molar-refractivity contribution in [3.63, 3.8) is 0 Å². The fourth-order valence-corrected chi connectivity index (χ4v) is 3.13. The smallest absolute Gasteiger partial charge is 0.107 e. The van der Waals surface area contributed by atoms with Gasteiger partial charge in [0.25, 0.3) is 0 Å². The molecule has 0 bridgehead atoms. The molecule has 5 heteroatoms. The Labute approximate surface area is 112 Å². The first-order valence-corrected chi connectivity index (χ1v) is 7.22. The zero-order chi connectivity index (χ0) is 12.5. The van der Waals surface area contributed by atoms with Crippen LogP contribution in [0.15, 0.2) is 5.38 Å². The molecule has 0 aromatic carbocycles. The Kier molecular flexibility index (Phi) is 3.80. The molecule has 0 spiro atoms. The van der Waals surface area contributed by atoms with Crippen molar-refractivity contribution in [1.29, 1.82) is 0 Å². The lowest BCUT2D eigenvalue weighted by atomic mass is 9.80. The number of thiocarbonyl (C=S) groups is 1. The molecular weight excluding hydrogens is 250 g/mol. The molecule has 3 nitrogen and oxygen atoms in total. The fourth-order valence-electron chi connectivity index (χ4n) is 2.12. The van der Waals surface area contributed by atoms with Gasteiger partial charge in [0.1, 0.15) is 5.01 Å². The van der Waals surface area contributed by atoms with Gasteiger partial charge in [-0.1, -0.05) is 19.1 Å². The van der Waals surface area contributed by atoms with E-state index in [0.29, 0.717) is 4.99 Å². The molecule has 1 saturated heterocycles. The predicted octanol–water partition coefficient (Wildman–Crippen LogP) is 2.34. The summed E-state index contributed by atoms with van der Waals surface area (Å²) in [7, 11) is 0. The summed E-state index contributed by atoms with van der Waals surface area (Å²) in [6, 6.07) is 0. The van der Waals surface area contributed by atoms with E-state index in [-0.39, 0.29) is 5.41 Å². The molecule has 0 saturated carbocycles. The summed E-state index contributed by atoms with van der Waals surface area (Å²) in [4.78, 5) is 7.61. The molecule has 2 N–H and O–H groups in total. The number of rotatable bonds is 3. The van der Waals surface area contributed by atoms with Gasteiger partial charge >= 0.3 is 0 Å². The van der Waals surface area contributed by atoms with Gasteiger partial charge < -0.3 is 5.73 Å². The molecule has 1 aromatic rings. The molecule has 17 heavy (non-hydrogen) atoms. The Balaban J connectivity index is 1.89. The molecule has 1 fully saturated rings. The first-order valence-electron chi connectivity index (χ1n) is 5.93. The second-order valence-electron chi connectivity index (χ2n) is 5.08. The van der Waals surface area contributed by atoms with E-state index in [2.05, 4.69) is 22.2 Å². The molecule has 94 valence electrons. The Hall–Kier alpha value is -0.520. The number of aryl methyl sites for hydroxylation is 1. The maximum atomic E-state index is 5.81. The maximum Gasteiger partial charge on any atom is 0.107 e. The Morgan fingerprint density at radius 1 is 1.59 bits per heavy atom. The Morgan fingerprint density at radius 3 is 2.71 bits per heavy atom. The van der Waals surface area contributed by atoms with Crippen LogP contribution in [0.1, 0.15) is 30.5 Å². The molecule has 2 heterocycles. The predicted molar refractivity (Wildman–Crippen MR) is 76.3 cm³/mol. The zero-order valence-corrected chi connectivity index (χ0v) is 12.0. The van der Waals surface area contributed by atoms with E-state index < -0.39 is 0 Å². The summed E-state index contributed by atoms with van der Waals surface area (Å²) in [5, 5.41) is 3.32. The summed E-state index contributed by atoms with van der Waals surface area (Å²) in [6.07, 6.45) is 2.12. The van der Waals surface area contributed by atoms with Crippen LogP contribution < -0.4 is 5.73 Å². The van der Waals surface area contributed by atoms with Crippen LogP contribution in [0.25, 0.3) is 0 Å². The molecule has 0 unspecified atom stereocenters. The van der Waals surface area contributed by atoms with Crippen molar-refractivity contribution < 1.29 is 0 Å². The largest absolute Gasteiger partial charge is 0.393 e. The van der Waals surface area contributed by atoms with Gasteiger partial charge in [-0.15, -0.1) is 11.3 Å². The normalized spacial score (nSPS) is 20.4. The highest BCUT2D eigenvalue weighted by atomic mass is 32.1. The van der Waals surface area contributed by atoms with Crippen LogP contribution in [-0.2, 0) is 6.54 Å². The van der Waals surface area contributed by atoms with Crippen LogP contribution in [0.4, 0.5) is 0 Å². The lowest BCUT2D eigenvalue weighted by Gasteiger charge is -2.38.